The van der Waals surface area contributed by atoms with Crippen LogP contribution in [0, 0.1) is 6.92 Å². The maximum atomic E-state index is 4.27. The summed E-state index contributed by atoms with van der Waals surface area (Å²) in [7, 11) is 1.95. The second kappa shape index (κ2) is 3.01. The van der Waals surface area contributed by atoms with Crippen molar-refractivity contribution in [1.29, 1.82) is 0 Å². The van der Waals surface area contributed by atoms with E-state index in [1.54, 1.807) is 11.8 Å². The highest BCUT2D eigenvalue weighted by atomic mass is 32.2. The Morgan fingerprint density at radius 2 is 2.20 bits per heavy atom. The second-order valence-electron chi connectivity index (χ2n) is 2.14. The van der Waals surface area contributed by atoms with Crippen LogP contribution in [0.1, 0.15) is 5.69 Å². The fraction of sp³-hybridized carbons (Fsp3) is 0.429. The van der Waals surface area contributed by atoms with Crippen LogP contribution in [0.5, 0.6) is 0 Å². The smallest absolute Gasteiger partial charge is 0.104 e. The van der Waals surface area contributed by atoms with Gasteiger partial charge in [-0.15, -0.1) is 11.8 Å². The number of rotatable bonds is 1. The average molecular weight is 155 g/mol. The van der Waals surface area contributed by atoms with Gasteiger partial charge >= 0.3 is 0 Å². The van der Waals surface area contributed by atoms with Gasteiger partial charge in [-0.1, -0.05) is 4.68 Å². The van der Waals surface area contributed by atoms with E-state index in [1.807, 2.05) is 31.0 Å². The zero-order valence-corrected chi connectivity index (χ0v) is 7.27. The Morgan fingerprint density at radius 1 is 1.50 bits per heavy atom. The van der Waals surface area contributed by atoms with Crippen LogP contribution in [-0.4, -0.2) is 11.4 Å². The van der Waals surface area contributed by atoms with E-state index in [-0.39, 0.29) is 0 Å². The first kappa shape index (κ1) is 7.54. The Balaban J connectivity index is 3.04. The van der Waals surface area contributed by atoms with Gasteiger partial charge in [0.25, 0.3) is 0 Å². The summed E-state index contributed by atoms with van der Waals surface area (Å²) in [6.07, 6.45) is 2.03. The Morgan fingerprint density at radius 3 is 2.70 bits per heavy atom. The van der Waals surface area contributed by atoms with Crippen LogP contribution in [0.15, 0.2) is 17.2 Å². The van der Waals surface area contributed by atoms with Crippen molar-refractivity contribution in [2.45, 2.75) is 11.9 Å². The van der Waals surface area contributed by atoms with Crippen molar-refractivity contribution >= 4 is 11.8 Å². The molecule has 3 heteroatoms. The van der Waals surface area contributed by atoms with Crippen molar-refractivity contribution in [2.75, 3.05) is 6.26 Å². The molecule has 0 aliphatic carbocycles. The molecule has 0 bridgehead atoms. The first-order valence-electron chi connectivity index (χ1n) is 3.12. The largest absolute Gasteiger partial charge is 0.205 e. The molecule has 2 nitrogen and oxygen atoms in total. The number of nitrogens with zero attached hydrogens (tertiary/aromatic N) is 2. The number of hydrogen-bond acceptors (Lipinski definition) is 2. The predicted octanol–water partition coefficient (Wildman–Crippen LogP) is 0.936. The SMILES string of the molecule is CSc1ccc(C)[n+](C)n1. The lowest BCUT2D eigenvalue weighted by Crippen LogP contribution is -2.36. The predicted molar refractivity (Wildman–Crippen MR) is 41.9 cm³/mol. The summed E-state index contributed by atoms with van der Waals surface area (Å²) in [5.74, 6) is 0. The van der Waals surface area contributed by atoms with Crippen LogP contribution in [-0.2, 0) is 7.05 Å². The molecule has 0 spiro atoms. The highest BCUT2D eigenvalue weighted by Gasteiger charge is 2.01. The molecule has 1 aromatic heterocycles. The van der Waals surface area contributed by atoms with Crippen molar-refractivity contribution < 1.29 is 4.68 Å². The van der Waals surface area contributed by atoms with E-state index in [1.165, 1.54) is 5.69 Å². The fourth-order valence-corrected chi connectivity index (χ4v) is 1.08. The minimum atomic E-state index is 1.06. The Labute approximate surface area is 65.3 Å². The summed E-state index contributed by atoms with van der Waals surface area (Å²) in [5.41, 5.74) is 1.18. The van der Waals surface area contributed by atoms with Gasteiger partial charge < -0.3 is 0 Å². The standard InChI is InChI=1S/C7H11N2S/c1-6-4-5-7(10-3)8-9(6)2/h4-5H,1-3H3/q+1. The molecule has 0 aliphatic rings. The van der Waals surface area contributed by atoms with Gasteiger partial charge in [-0.2, -0.15) is 0 Å². The number of hydrogen-bond donors (Lipinski definition) is 0. The summed E-state index contributed by atoms with van der Waals surface area (Å²) in [5, 5.41) is 5.33. The third kappa shape index (κ3) is 1.48. The van der Waals surface area contributed by atoms with Gasteiger partial charge in [0.15, 0.2) is 12.1 Å². The summed E-state index contributed by atoms with van der Waals surface area (Å²) >= 11 is 1.66. The molecule has 0 saturated heterocycles. The Kier molecular flexibility index (Phi) is 2.27. The molecule has 1 aromatic rings. The second-order valence-corrected chi connectivity index (χ2v) is 2.97. The molecule has 0 atom stereocenters. The van der Waals surface area contributed by atoms with Crippen LogP contribution in [0.2, 0.25) is 0 Å². The van der Waals surface area contributed by atoms with Crippen LogP contribution in [0.3, 0.4) is 0 Å². The van der Waals surface area contributed by atoms with Crippen molar-refractivity contribution in [2.24, 2.45) is 7.05 Å². The topological polar surface area (TPSA) is 16.8 Å². The van der Waals surface area contributed by atoms with E-state index < -0.39 is 0 Å². The molecule has 0 radical (unpaired) electrons. The molecule has 0 aromatic carbocycles. The maximum Gasteiger partial charge on any atom is 0.205 e. The molecule has 0 N–H and O–H groups in total. The summed E-state index contributed by atoms with van der Waals surface area (Å²) in [4.78, 5) is 0. The molecular formula is C7H11N2S+. The third-order valence-electron chi connectivity index (χ3n) is 1.44. The fourth-order valence-electron chi connectivity index (χ4n) is 0.669. The van der Waals surface area contributed by atoms with Gasteiger partial charge in [0.1, 0.15) is 0 Å². The van der Waals surface area contributed by atoms with Crippen LogP contribution in [0.25, 0.3) is 0 Å². The molecule has 1 rings (SSSR count). The zero-order valence-electron chi connectivity index (χ0n) is 6.46. The van der Waals surface area contributed by atoms with E-state index in [0.29, 0.717) is 0 Å². The molecule has 10 heavy (non-hydrogen) atoms. The van der Waals surface area contributed by atoms with Crippen LogP contribution in [0.4, 0.5) is 0 Å². The summed E-state index contributed by atoms with van der Waals surface area (Å²) in [6, 6.07) is 4.10. The van der Waals surface area contributed by atoms with E-state index in [2.05, 4.69) is 11.2 Å². The summed E-state index contributed by atoms with van der Waals surface area (Å²) in [6.45, 7) is 2.04. The molecule has 0 amide bonds. The lowest BCUT2D eigenvalue weighted by molar-refractivity contribution is -0.739. The van der Waals surface area contributed by atoms with E-state index in [4.69, 9.17) is 0 Å². The van der Waals surface area contributed by atoms with Crippen molar-refractivity contribution in [3.8, 4) is 0 Å². The lowest BCUT2D eigenvalue weighted by Gasteiger charge is -1.92. The number of aromatic nitrogens is 2. The molecule has 0 unspecified atom stereocenters. The third-order valence-corrected chi connectivity index (χ3v) is 2.07. The van der Waals surface area contributed by atoms with Gasteiger partial charge in [0.05, 0.1) is 0 Å². The van der Waals surface area contributed by atoms with Crippen molar-refractivity contribution in [1.82, 2.24) is 5.10 Å². The van der Waals surface area contributed by atoms with Crippen LogP contribution < -0.4 is 4.68 Å². The number of thioether (sulfide) groups is 1. The highest BCUT2D eigenvalue weighted by Crippen LogP contribution is 2.07. The maximum absolute atomic E-state index is 4.27. The van der Waals surface area contributed by atoms with E-state index in [0.717, 1.165) is 5.03 Å². The van der Waals surface area contributed by atoms with Gasteiger partial charge in [-0.05, 0) is 12.3 Å². The highest BCUT2D eigenvalue weighted by molar-refractivity contribution is 7.98. The zero-order chi connectivity index (χ0) is 7.56. The van der Waals surface area contributed by atoms with E-state index >= 15 is 0 Å². The first-order valence-corrected chi connectivity index (χ1v) is 4.34. The molecule has 1 heterocycles. The molecule has 0 aliphatic heterocycles. The van der Waals surface area contributed by atoms with Crippen LogP contribution >= 0.6 is 11.8 Å². The molecule has 0 fully saturated rings. The Bertz CT molecular complexity index is 235. The quantitative estimate of drug-likeness (QED) is 0.443. The van der Waals surface area contributed by atoms with Gasteiger partial charge in [-0.25, -0.2) is 0 Å². The van der Waals surface area contributed by atoms with E-state index in [9.17, 15) is 0 Å². The Hall–Kier alpha value is -0.570. The monoisotopic (exact) mass is 155 g/mol. The molecular weight excluding hydrogens is 144 g/mol. The van der Waals surface area contributed by atoms with Gasteiger partial charge in [0.2, 0.25) is 5.69 Å². The van der Waals surface area contributed by atoms with Crippen molar-refractivity contribution in [3.63, 3.8) is 0 Å². The minimum absolute atomic E-state index is 1.06. The number of aryl methyl sites for hydroxylation is 2. The molecule has 54 valence electrons. The van der Waals surface area contributed by atoms with Gasteiger partial charge in [-0.3, -0.25) is 0 Å². The normalized spacial score (nSPS) is 9.90. The average Bonchev–Trinajstić information content (AvgIpc) is 1.95. The van der Waals surface area contributed by atoms with Crippen molar-refractivity contribution in [3.05, 3.63) is 17.8 Å². The lowest BCUT2D eigenvalue weighted by atomic mass is 10.4. The summed E-state index contributed by atoms with van der Waals surface area (Å²) < 4.78 is 1.88. The first-order chi connectivity index (χ1) is 4.74. The molecule has 0 saturated carbocycles. The van der Waals surface area contributed by atoms with Gasteiger partial charge in [0, 0.05) is 18.1 Å². The minimum Gasteiger partial charge on any atom is -0.104 e.